The number of nitro groups is 1. The molecule has 0 aliphatic rings. The average Bonchev–Trinajstić information content (AvgIpc) is 2.12. The van der Waals surface area contributed by atoms with Crippen molar-refractivity contribution in [1.82, 2.24) is 0 Å². The molecule has 0 radical (unpaired) electrons. The second kappa shape index (κ2) is 4.48. The quantitative estimate of drug-likeness (QED) is 0.431. The zero-order valence-corrected chi connectivity index (χ0v) is 7.46. The molecule has 78 valence electrons. The number of halogens is 2. The fourth-order valence-corrected chi connectivity index (χ4v) is 0.965. The highest BCUT2D eigenvalue weighted by Crippen LogP contribution is 2.22. The minimum atomic E-state index is -1.25. The molecule has 4 nitrogen and oxygen atoms in total. The molecule has 0 heterocycles. The summed E-state index contributed by atoms with van der Waals surface area (Å²) >= 11 is 0. The molecule has 1 aromatic rings. The van der Waals surface area contributed by atoms with E-state index in [4.69, 9.17) is 5.73 Å². The van der Waals surface area contributed by atoms with Crippen LogP contribution in [0.2, 0.25) is 0 Å². The van der Waals surface area contributed by atoms with Gasteiger partial charge in [0.2, 0.25) is 11.6 Å². The van der Waals surface area contributed by atoms with E-state index in [2.05, 4.69) is 11.8 Å². The summed E-state index contributed by atoms with van der Waals surface area (Å²) in [6.45, 7) is 0.0419. The van der Waals surface area contributed by atoms with Crippen LogP contribution < -0.4 is 5.73 Å². The highest BCUT2D eigenvalue weighted by atomic mass is 19.1. The molecular formula is C9H6F2N2O2. The summed E-state index contributed by atoms with van der Waals surface area (Å²) in [7, 11) is 0. The summed E-state index contributed by atoms with van der Waals surface area (Å²) in [5, 5.41) is 10.2. The van der Waals surface area contributed by atoms with E-state index in [1.165, 1.54) is 0 Å². The summed E-state index contributed by atoms with van der Waals surface area (Å²) < 4.78 is 26.0. The molecule has 6 heteroatoms. The first-order chi connectivity index (χ1) is 7.06. The standard InChI is InChI=1S/C9H6F2N2O2/c10-7-4-6(2-1-3-12)5-8(11)9(7)13(14)15/h4-5H,3,12H2. The van der Waals surface area contributed by atoms with E-state index < -0.39 is 22.2 Å². The number of hydrogen-bond acceptors (Lipinski definition) is 3. The molecule has 2 N–H and O–H groups in total. The van der Waals surface area contributed by atoms with Gasteiger partial charge in [0, 0.05) is 5.56 Å². The van der Waals surface area contributed by atoms with Crippen LogP contribution in [-0.2, 0) is 0 Å². The first-order valence-corrected chi connectivity index (χ1v) is 3.88. The molecule has 1 aromatic carbocycles. The molecule has 0 amide bonds. The van der Waals surface area contributed by atoms with E-state index in [9.17, 15) is 18.9 Å². The van der Waals surface area contributed by atoms with E-state index in [1.807, 2.05) is 0 Å². The van der Waals surface area contributed by atoms with Gasteiger partial charge in [-0.05, 0) is 12.1 Å². The van der Waals surface area contributed by atoms with E-state index >= 15 is 0 Å². The first-order valence-electron chi connectivity index (χ1n) is 3.88. The molecule has 1 rings (SSSR count). The molecule has 0 spiro atoms. The lowest BCUT2D eigenvalue weighted by Crippen LogP contribution is -1.98. The Balaban J connectivity index is 3.25. The summed E-state index contributed by atoms with van der Waals surface area (Å²) in [5.74, 6) is 2.26. The van der Waals surface area contributed by atoms with E-state index in [0.717, 1.165) is 12.1 Å². The Morgan fingerprint density at radius 3 is 2.33 bits per heavy atom. The topological polar surface area (TPSA) is 69.2 Å². The smallest absolute Gasteiger partial charge is 0.320 e. The van der Waals surface area contributed by atoms with Gasteiger partial charge in [0.25, 0.3) is 0 Å². The normalized spacial score (nSPS) is 9.27. The molecule has 0 aliphatic carbocycles. The van der Waals surface area contributed by atoms with Gasteiger partial charge in [0.1, 0.15) is 0 Å². The maximum absolute atomic E-state index is 13.0. The number of rotatable bonds is 1. The van der Waals surface area contributed by atoms with Crippen LogP contribution in [0.15, 0.2) is 12.1 Å². The zero-order valence-electron chi connectivity index (χ0n) is 7.46. The van der Waals surface area contributed by atoms with Gasteiger partial charge in [-0.15, -0.1) is 0 Å². The maximum atomic E-state index is 13.0. The third kappa shape index (κ3) is 2.48. The van der Waals surface area contributed by atoms with Crippen LogP contribution in [0.5, 0.6) is 0 Å². The summed E-state index contributed by atoms with van der Waals surface area (Å²) in [4.78, 5) is 9.12. The number of nitrogens with zero attached hydrogens (tertiary/aromatic N) is 1. The van der Waals surface area contributed by atoms with E-state index in [0.29, 0.717) is 0 Å². The molecule has 0 fully saturated rings. The minimum absolute atomic E-state index is 0.0149. The second-order valence-corrected chi connectivity index (χ2v) is 2.55. The number of benzene rings is 1. The average molecular weight is 212 g/mol. The minimum Gasteiger partial charge on any atom is -0.320 e. The number of hydrogen-bond donors (Lipinski definition) is 1. The highest BCUT2D eigenvalue weighted by Gasteiger charge is 2.21. The van der Waals surface area contributed by atoms with Gasteiger partial charge in [0.15, 0.2) is 0 Å². The molecule has 0 bridgehead atoms. The molecule has 0 unspecified atom stereocenters. The molecule has 0 aromatic heterocycles. The SMILES string of the molecule is NCC#Cc1cc(F)c([N+](=O)[O-])c(F)c1. The zero-order chi connectivity index (χ0) is 11.4. The summed E-state index contributed by atoms with van der Waals surface area (Å²) in [6, 6.07) is 1.59. The number of nitrogens with two attached hydrogens (primary N) is 1. The Bertz CT molecular complexity index is 440. The van der Waals surface area contributed by atoms with Crippen molar-refractivity contribution in [3.63, 3.8) is 0 Å². The fourth-order valence-electron chi connectivity index (χ4n) is 0.965. The lowest BCUT2D eigenvalue weighted by molar-refractivity contribution is -0.390. The third-order valence-electron chi connectivity index (χ3n) is 1.53. The van der Waals surface area contributed by atoms with Crippen LogP contribution in [0, 0.1) is 33.6 Å². The van der Waals surface area contributed by atoms with Gasteiger partial charge in [-0.1, -0.05) is 11.8 Å². The summed E-state index contributed by atoms with van der Waals surface area (Å²) in [6.07, 6.45) is 0. The van der Waals surface area contributed by atoms with Gasteiger partial charge in [0.05, 0.1) is 11.5 Å². The van der Waals surface area contributed by atoms with Crippen molar-refractivity contribution in [3.8, 4) is 11.8 Å². The molecule has 0 saturated heterocycles. The second-order valence-electron chi connectivity index (χ2n) is 2.55. The molecular weight excluding hydrogens is 206 g/mol. The lowest BCUT2D eigenvalue weighted by Gasteiger charge is -1.96. The Labute approximate surface area is 83.8 Å². The first kappa shape index (κ1) is 11.1. The van der Waals surface area contributed by atoms with Gasteiger partial charge in [-0.3, -0.25) is 10.1 Å². The highest BCUT2D eigenvalue weighted by molar-refractivity contribution is 5.43. The van der Waals surface area contributed by atoms with Crippen LogP contribution in [0.1, 0.15) is 5.56 Å². The van der Waals surface area contributed by atoms with E-state index in [-0.39, 0.29) is 12.1 Å². The van der Waals surface area contributed by atoms with Crippen LogP contribution in [-0.4, -0.2) is 11.5 Å². The molecule has 0 atom stereocenters. The van der Waals surface area contributed by atoms with Crippen LogP contribution in [0.25, 0.3) is 0 Å². The van der Waals surface area contributed by atoms with Gasteiger partial charge in [-0.25, -0.2) is 0 Å². The molecule has 15 heavy (non-hydrogen) atoms. The predicted molar refractivity (Wildman–Crippen MR) is 48.9 cm³/mol. The Kier molecular flexibility index (Phi) is 3.31. The maximum Gasteiger partial charge on any atom is 0.340 e. The predicted octanol–water partition coefficient (Wildman–Crippen LogP) is 1.18. The van der Waals surface area contributed by atoms with Crippen molar-refractivity contribution in [2.75, 3.05) is 6.54 Å². The summed E-state index contributed by atoms with van der Waals surface area (Å²) in [5.41, 5.74) is 3.90. The van der Waals surface area contributed by atoms with Crippen LogP contribution in [0.3, 0.4) is 0 Å². The molecule has 0 saturated carbocycles. The van der Waals surface area contributed by atoms with Gasteiger partial charge in [-0.2, -0.15) is 8.78 Å². The van der Waals surface area contributed by atoms with Crippen LogP contribution in [0.4, 0.5) is 14.5 Å². The van der Waals surface area contributed by atoms with Crippen molar-refractivity contribution in [2.45, 2.75) is 0 Å². The largest absolute Gasteiger partial charge is 0.340 e. The third-order valence-corrected chi connectivity index (χ3v) is 1.53. The molecule has 0 aliphatic heterocycles. The van der Waals surface area contributed by atoms with Crippen molar-refractivity contribution < 1.29 is 13.7 Å². The van der Waals surface area contributed by atoms with Crippen molar-refractivity contribution in [2.24, 2.45) is 5.73 Å². The monoisotopic (exact) mass is 212 g/mol. The van der Waals surface area contributed by atoms with Gasteiger partial charge >= 0.3 is 5.69 Å². The lowest BCUT2D eigenvalue weighted by atomic mass is 10.2. The van der Waals surface area contributed by atoms with Gasteiger partial charge < -0.3 is 5.73 Å². The Morgan fingerprint density at radius 2 is 1.93 bits per heavy atom. The van der Waals surface area contributed by atoms with Crippen molar-refractivity contribution in [1.29, 1.82) is 0 Å². The Morgan fingerprint density at radius 1 is 1.40 bits per heavy atom. The Hall–Kier alpha value is -2.00. The van der Waals surface area contributed by atoms with E-state index in [1.54, 1.807) is 0 Å². The van der Waals surface area contributed by atoms with Crippen molar-refractivity contribution in [3.05, 3.63) is 39.4 Å². The fraction of sp³-hybridized carbons (Fsp3) is 0.111. The van der Waals surface area contributed by atoms with Crippen LogP contribution >= 0.6 is 0 Å². The van der Waals surface area contributed by atoms with Crippen molar-refractivity contribution >= 4 is 5.69 Å². The number of nitro benzene ring substituents is 1.